The second-order valence-electron chi connectivity index (χ2n) is 5.96. The fourth-order valence-electron chi connectivity index (χ4n) is 2.96. The van der Waals surface area contributed by atoms with Gasteiger partial charge in [-0.3, -0.25) is 4.79 Å². The van der Waals surface area contributed by atoms with E-state index in [9.17, 15) is 4.79 Å². The maximum atomic E-state index is 12.4. The zero-order valence-electron chi connectivity index (χ0n) is 11.9. The molecule has 3 nitrogen and oxygen atoms in total. The molecule has 0 heterocycles. The maximum absolute atomic E-state index is 12.4. The molecule has 1 aromatic carbocycles. The average molecular weight is 260 g/mol. The highest BCUT2D eigenvalue weighted by molar-refractivity contribution is 5.86. The number of carbonyl (C=O) groups excluding carboxylic acids is 1. The summed E-state index contributed by atoms with van der Waals surface area (Å²) in [6.07, 6.45) is 3.82. The molecule has 1 aromatic rings. The number of hydrogen-bond donors (Lipinski definition) is 2. The standard InChI is InChI=1S/C16H24N2O/c1-12-7-6-10-16(17,11-12)15(19)18-13(2)14-8-4-3-5-9-14/h3-5,8-9,12-13H,6-7,10-11,17H2,1-2H3,(H,18,19)/t12?,13-,16?/m0/s1. The normalized spacial score (nSPS) is 28.7. The predicted octanol–water partition coefficient (Wildman–Crippen LogP) is 2.77. The van der Waals surface area contributed by atoms with Gasteiger partial charge in [-0.1, -0.05) is 50.1 Å². The smallest absolute Gasteiger partial charge is 0.240 e. The molecule has 2 unspecified atom stereocenters. The quantitative estimate of drug-likeness (QED) is 0.878. The lowest BCUT2D eigenvalue weighted by molar-refractivity contribution is -0.128. The summed E-state index contributed by atoms with van der Waals surface area (Å²) in [5.41, 5.74) is 6.74. The third-order valence-corrected chi connectivity index (χ3v) is 4.13. The lowest BCUT2D eigenvalue weighted by atomic mass is 9.76. The number of hydrogen-bond acceptors (Lipinski definition) is 2. The minimum atomic E-state index is -0.680. The molecule has 0 bridgehead atoms. The van der Waals surface area contributed by atoms with Gasteiger partial charge in [-0.25, -0.2) is 0 Å². The van der Waals surface area contributed by atoms with Crippen LogP contribution in [0.1, 0.15) is 51.1 Å². The Labute approximate surface area is 115 Å². The van der Waals surface area contributed by atoms with Crippen LogP contribution in [0.15, 0.2) is 30.3 Å². The Kier molecular flexibility index (Phi) is 4.25. The van der Waals surface area contributed by atoms with E-state index in [2.05, 4.69) is 12.2 Å². The number of nitrogens with two attached hydrogens (primary N) is 1. The molecule has 3 N–H and O–H groups in total. The van der Waals surface area contributed by atoms with Crippen LogP contribution in [0, 0.1) is 5.92 Å². The Bertz CT molecular complexity index is 432. The Hall–Kier alpha value is -1.35. The van der Waals surface area contributed by atoms with Gasteiger partial charge in [0.05, 0.1) is 11.6 Å². The Morgan fingerprint density at radius 2 is 2.11 bits per heavy atom. The second-order valence-corrected chi connectivity index (χ2v) is 5.96. The zero-order chi connectivity index (χ0) is 13.9. The molecule has 19 heavy (non-hydrogen) atoms. The van der Waals surface area contributed by atoms with Gasteiger partial charge in [0.15, 0.2) is 0 Å². The van der Waals surface area contributed by atoms with Gasteiger partial charge in [0.1, 0.15) is 0 Å². The summed E-state index contributed by atoms with van der Waals surface area (Å²) in [6, 6.07) is 10.0. The molecule has 0 aromatic heterocycles. The minimum Gasteiger partial charge on any atom is -0.348 e. The van der Waals surface area contributed by atoms with Crippen LogP contribution < -0.4 is 11.1 Å². The topological polar surface area (TPSA) is 55.1 Å². The molecule has 0 spiro atoms. The molecule has 3 heteroatoms. The Morgan fingerprint density at radius 3 is 2.74 bits per heavy atom. The summed E-state index contributed by atoms with van der Waals surface area (Å²) >= 11 is 0. The van der Waals surface area contributed by atoms with Crippen LogP contribution >= 0.6 is 0 Å². The predicted molar refractivity (Wildman–Crippen MR) is 77.6 cm³/mol. The SMILES string of the molecule is CC1CCCC(N)(C(=O)N[C@@H](C)c2ccccc2)C1. The van der Waals surface area contributed by atoms with E-state index in [-0.39, 0.29) is 11.9 Å². The summed E-state index contributed by atoms with van der Waals surface area (Å²) in [4.78, 5) is 12.4. The number of amides is 1. The first kappa shape index (κ1) is 14.1. The molecule has 1 fully saturated rings. The molecule has 0 saturated heterocycles. The van der Waals surface area contributed by atoms with Gasteiger partial charge in [0.2, 0.25) is 5.91 Å². The molecule has 1 saturated carbocycles. The van der Waals surface area contributed by atoms with Gasteiger partial charge in [0.25, 0.3) is 0 Å². The van der Waals surface area contributed by atoms with Crippen molar-refractivity contribution in [1.82, 2.24) is 5.32 Å². The lowest BCUT2D eigenvalue weighted by Crippen LogP contribution is -2.56. The lowest BCUT2D eigenvalue weighted by Gasteiger charge is -2.36. The van der Waals surface area contributed by atoms with E-state index in [1.54, 1.807) is 0 Å². The van der Waals surface area contributed by atoms with Crippen molar-refractivity contribution in [3.05, 3.63) is 35.9 Å². The number of nitrogens with one attached hydrogen (secondary N) is 1. The molecule has 3 atom stereocenters. The highest BCUT2D eigenvalue weighted by atomic mass is 16.2. The van der Waals surface area contributed by atoms with Gasteiger partial charge < -0.3 is 11.1 Å². The van der Waals surface area contributed by atoms with Gasteiger partial charge >= 0.3 is 0 Å². The first-order chi connectivity index (χ1) is 9.01. The third-order valence-electron chi connectivity index (χ3n) is 4.13. The first-order valence-corrected chi connectivity index (χ1v) is 7.16. The molecule has 0 radical (unpaired) electrons. The summed E-state index contributed by atoms with van der Waals surface area (Å²) in [5, 5.41) is 3.06. The Balaban J connectivity index is 2.00. The van der Waals surface area contributed by atoms with Crippen LogP contribution in [0.5, 0.6) is 0 Å². The molecule has 0 aliphatic heterocycles. The largest absolute Gasteiger partial charge is 0.348 e. The van der Waals surface area contributed by atoms with E-state index < -0.39 is 5.54 Å². The van der Waals surface area contributed by atoms with E-state index >= 15 is 0 Å². The molecule has 2 rings (SSSR count). The van der Waals surface area contributed by atoms with E-state index in [4.69, 9.17) is 5.73 Å². The van der Waals surface area contributed by atoms with Crippen molar-refractivity contribution in [2.45, 2.75) is 51.1 Å². The van der Waals surface area contributed by atoms with Gasteiger partial charge in [-0.15, -0.1) is 0 Å². The summed E-state index contributed by atoms with van der Waals surface area (Å²) in [7, 11) is 0. The zero-order valence-corrected chi connectivity index (χ0v) is 11.9. The van der Waals surface area contributed by atoms with E-state index in [1.807, 2.05) is 37.3 Å². The van der Waals surface area contributed by atoms with Crippen LogP contribution in [0.2, 0.25) is 0 Å². The fraction of sp³-hybridized carbons (Fsp3) is 0.562. The first-order valence-electron chi connectivity index (χ1n) is 7.16. The van der Waals surface area contributed by atoms with E-state index in [1.165, 1.54) is 6.42 Å². The van der Waals surface area contributed by atoms with Crippen LogP contribution in [-0.2, 0) is 4.79 Å². The minimum absolute atomic E-state index is 0.00426. The van der Waals surface area contributed by atoms with Crippen LogP contribution in [0.3, 0.4) is 0 Å². The Morgan fingerprint density at radius 1 is 1.42 bits per heavy atom. The van der Waals surface area contributed by atoms with Gasteiger partial charge in [-0.05, 0) is 31.2 Å². The molecule has 1 amide bonds. The van der Waals surface area contributed by atoms with Crippen molar-refractivity contribution in [3.63, 3.8) is 0 Å². The van der Waals surface area contributed by atoms with Crippen LogP contribution in [0.4, 0.5) is 0 Å². The van der Waals surface area contributed by atoms with Crippen molar-refractivity contribution in [2.75, 3.05) is 0 Å². The van der Waals surface area contributed by atoms with Crippen molar-refractivity contribution in [1.29, 1.82) is 0 Å². The third kappa shape index (κ3) is 3.35. The van der Waals surface area contributed by atoms with Crippen molar-refractivity contribution in [2.24, 2.45) is 11.7 Å². The highest BCUT2D eigenvalue weighted by Gasteiger charge is 2.38. The second kappa shape index (κ2) is 5.74. The molecule has 1 aliphatic rings. The number of carbonyl (C=O) groups is 1. The van der Waals surface area contributed by atoms with Gasteiger partial charge in [0, 0.05) is 0 Å². The molecule has 104 valence electrons. The van der Waals surface area contributed by atoms with Crippen molar-refractivity contribution in [3.8, 4) is 0 Å². The molecule has 1 aliphatic carbocycles. The molecular weight excluding hydrogens is 236 g/mol. The number of rotatable bonds is 3. The van der Waals surface area contributed by atoms with E-state index in [0.717, 1.165) is 24.8 Å². The maximum Gasteiger partial charge on any atom is 0.240 e. The van der Waals surface area contributed by atoms with Gasteiger partial charge in [-0.2, -0.15) is 0 Å². The van der Waals surface area contributed by atoms with Crippen LogP contribution in [0.25, 0.3) is 0 Å². The monoisotopic (exact) mass is 260 g/mol. The van der Waals surface area contributed by atoms with Crippen molar-refractivity contribution >= 4 is 5.91 Å². The van der Waals surface area contributed by atoms with Crippen molar-refractivity contribution < 1.29 is 4.79 Å². The summed E-state index contributed by atoms with van der Waals surface area (Å²) < 4.78 is 0. The highest BCUT2D eigenvalue weighted by Crippen LogP contribution is 2.31. The average Bonchev–Trinajstić information content (AvgIpc) is 2.39. The van der Waals surface area contributed by atoms with E-state index in [0.29, 0.717) is 5.92 Å². The number of benzene rings is 1. The van der Waals surface area contributed by atoms with Crippen LogP contribution in [-0.4, -0.2) is 11.4 Å². The summed E-state index contributed by atoms with van der Waals surface area (Å²) in [6.45, 7) is 4.18. The summed E-state index contributed by atoms with van der Waals surface area (Å²) in [5.74, 6) is 0.534. The fourth-order valence-corrected chi connectivity index (χ4v) is 2.96. The molecular formula is C16H24N2O.